The maximum absolute atomic E-state index is 12.5. The van der Waals surface area contributed by atoms with Gasteiger partial charge >= 0.3 is 0 Å². The van der Waals surface area contributed by atoms with E-state index in [1.165, 1.54) is 6.20 Å². The van der Waals surface area contributed by atoms with Crippen molar-refractivity contribution in [3.05, 3.63) is 47.1 Å². The van der Waals surface area contributed by atoms with Crippen molar-refractivity contribution in [3.8, 4) is 17.4 Å². The first-order chi connectivity index (χ1) is 11.6. The minimum atomic E-state index is -0.0869. The highest BCUT2D eigenvalue weighted by molar-refractivity contribution is 6.30. The molecule has 126 valence electrons. The smallest absolute Gasteiger partial charge is 0.254 e. The van der Waals surface area contributed by atoms with Crippen molar-refractivity contribution in [2.75, 3.05) is 27.3 Å². The lowest BCUT2D eigenvalue weighted by atomic mass is 10.1. The van der Waals surface area contributed by atoms with Crippen LogP contribution in [0.15, 0.2) is 36.5 Å². The van der Waals surface area contributed by atoms with Gasteiger partial charge in [0.05, 0.1) is 32.3 Å². The van der Waals surface area contributed by atoms with E-state index in [1.54, 1.807) is 49.5 Å². The molecule has 3 rings (SSSR count). The first-order valence-electron chi connectivity index (χ1n) is 7.39. The average molecular weight is 349 g/mol. The maximum Gasteiger partial charge on any atom is 0.254 e. The van der Waals surface area contributed by atoms with Gasteiger partial charge in [-0.3, -0.25) is 4.79 Å². The number of ether oxygens (including phenoxy) is 3. The lowest BCUT2D eigenvalue weighted by Gasteiger charge is -2.38. The number of likely N-dealkylation sites (tertiary alicyclic amines) is 1. The highest BCUT2D eigenvalue weighted by Gasteiger charge is 2.33. The summed E-state index contributed by atoms with van der Waals surface area (Å²) in [5.41, 5.74) is 0.522. The van der Waals surface area contributed by atoms with Crippen molar-refractivity contribution in [2.24, 2.45) is 0 Å². The number of methoxy groups -OCH3 is 2. The third-order valence-electron chi connectivity index (χ3n) is 3.72. The molecule has 0 radical (unpaired) electrons. The van der Waals surface area contributed by atoms with E-state index >= 15 is 0 Å². The molecule has 1 amide bonds. The summed E-state index contributed by atoms with van der Waals surface area (Å²) >= 11 is 5.79. The van der Waals surface area contributed by atoms with Crippen LogP contribution < -0.4 is 14.2 Å². The van der Waals surface area contributed by atoms with E-state index in [-0.39, 0.29) is 12.0 Å². The number of halogens is 1. The first-order valence-corrected chi connectivity index (χ1v) is 7.77. The highest BCUT2D eigenvalue weighted by atomic mass is 35.5. The summed E-state index contributed by atoms with van der Waals surface area (Å²) in [5.74, 6) is 1.57. The number of aromatic nitrogens is 1. The Kier molecular flexibility index (Phi) is 4.76. The van der Waals surface area contributed by atoms with E-state index in [1.807, 2.05) is 0 Å². The number of benzene rings is 1. The van der Waals surface area contributed by atoms with Gasteiger partial charge in [0.2, 0.25) is 5.88 Å². The molecule has 1 aliphatic heterocycles. The molecule has 1 aliphatic rings. The molecule has 1 fully saturated rings. The SMILES string of the molecule is COc1cc(OC)cc(C(=O)N2CC(Oc3ccc(Cl)cn3)C2)c1. The predicted octanol–water partition coefficient (Wildman–Crippen LogP) is 2.66. The monoisotopic (exact) mass is 348 g/mol. The minimum Gasteiger partial charge on any atom is -0.497 e. The quantitative estimate of drug-likeness (QED) is 0.831. The average Bonchev–Trinajstić information content (AvgIpc) is 2.58. The van der Waals surface area contributed by atoms with Crippen molar-refractivity contribution in [1.82, 2.24) is 9.88 Å². The zero-order valence-electron chi connectivity index (χ0n) is 13.4. The number of hydrogen-bond acceptors (Lipinski definition) is 5. The molecule has 0 N–H and O–H groups in total. The largest absolute Gasteiger partial charge is 0.497 e. The zero-order valence-corrected chi connectivity index (χ0v) is 14.1. The van der Waals surface area contributed by atoms with Gasteiger partial charge in [0, 0.05) is 23.9 Å². The van der Waals surface area contributed by atoms with Crippen molar-refractivity contribution >= 4 is 17.5 Å². The molecule has 0 aliphatic carbocycles. The minimum absolute atomic E-state index is 0.0740. The Morgan fingerprint density at radius 2 is 1.83 bits per heavy atom. The number of carbonyl (C=O) groups excluding carboxylic acids is 1. The Labute approximate surface area is 144 Å². The second-order valence-electron chi connectivity index (χ2n) is 5.37. The van der Waals surface area contributed by atoms with Crippen molar-refractivity contribution in [3.63, 3.8) is 0 Å². The van der Waals surface area contributed by atoms with Gasteiger partial charge in [-0.2, -0.15) is 0 Å². The summed E-state index contributed by atoms with van der Waals surface area (Å²) in [5, 5.41) is 0.555. The van der Waals surface area contributed by atoms with Crippen LogP contribution >= 0.6 is 11.6 Å². The molecule has 1 aromatic heterocycles. The van der Waals surface area contributed by atoms with Gasteiger partial charge in [0.15, 0.2) is 0 Å². The molecule has 0 spiro atoms. The first kappa shape index (κ1) is 16.4. The van der Waals surface area contributed by atoms with Gasteiger partial charge in [-0.15, -0.1) is 0 Å². The second-order valence-corrected chi connectivity index (χ2v) is 5.80. The molecule has 7 heteroatoms. The summed E-state index contributed by atoms with van der Waals surface area (Å²) in [6.07, 6.45) is 1.45. The number of hydrogen-bond donors (Lipinski definition) is 0. The molecule has 2 heterocycles. The molecular weight excluding hydrogens is 332 g/mol. The Balaban J connectivity index is 1.61. The van der Waals surface area contributed by atoms with E-state index in [2.05, 4.69) is 4.98 Å². The lowest BCUT2D eigenvalue weighted by Crippen LogP contribution is -2.56. The summed E-state index contributed by atoms with van der Waals surface area (Å²) in [6.45, 7) is 1.01. The Hall–Kier alpha value is -2.47. The van der Waals surface area contributed by atoms with Gasteiger partial charge in [0.1, 0.15) is 17.6 Å². The van der Waals surface area contributed by atoms with E-state index < -0.39 is 0 Å². The van der Waals surface area contributed by atoms with Gasteiger partial charge in [-0.05, 0) is 18.2 Å². The fourth-order valence-electron chi connectivity index (χ4n) is 2.39. The molecule has 1 aromatic carbocycles. The predicted molar refractivity (Wildman–Crippen MR) is 89.1 cm³/mol. The highest BCUT2D eigenvalue weighted by Crippen LogP contribution is 2.25. The third kappa shape index (κ3) is 3.54. The van der Waals surface area contributed by atoms with Crippen LogP contribution in [-0.2, 0) is 0 Å². The fourth-order valence-corrected chi connectivity index (χ4v) is 2.51. The van der Waals surface area contributed by atoms with Crippen LogP contribution in [0.2, 0.25) is 5.02 Å². The van der Waals surface area contributed by atoms with Gasteiger partial charge in [0.25, 0.3) is 5.91 Å². The summed E-state index contributed by atoms with van der Waals surface area (Å²) in [6, 6.07) is 8.54. The molecular formula is C17H17ClN2O4. The third-order valence-corrected chi connectivity index (χ3v) is 3.94. The number of carbonyl (C=O) groups is 1. The number of nitrogens with zero attached hydrogens (tertiary/aromatic N) is 2. The Morgan fingerprint density at radius 3 is 2.38 bits per heavy atom. The maximum atomic E-state index is 12.5. The molecule has 24 heavy (non-hydrogen) atoms. The molecule has 0 unspecified atom stereocenters. The van der Waals surface area contributed by atoms with Crippen LogP contribution in [0.4, 0.5) is 0 Å². The van der Waals surface area contributed by atoms with Gasteiger partial charge < -0.3 is 19.1 Å². The van der Waals surface area contributed by atoms with Crippen LogP contribution in [0.5, 0.6) is 17.4 Å². The van der Waals surface area contributed by atoms with E-state index in [4.69, 9.17) is 25.8 Å². The number of pyridine rings is 1. The van der Waals surface area contributed by atoms with E-state index in [0.29, 0.717) is 41.1 Å². The Bertz CT molecular complexity index is 708. The number of amides is 1. The van der Waals surface area contributed by atoms with Crippen LogP contribution in [0.3, 0.4) is 0 Å². The molecule has 6 nitrogen and oxygen atoms in total. The number of rotatable bonds is 5. The second kappa shape index (κ2) is 6.97. The summed E-state index contributed by atoms with van der Waals surface area (Å²) < 4.78 is 16.1. The molecule has 0 atom stereocenters. The molecule has 0 saturated carbocycles. The van der Waals surface area contributed by atoms with Crippen LogP contribution in [0.1, 0.15) is 10.4 Å². The normalized spacial score (nSPS) is 14.0. The van der Waals surface area contributed by atoms with Crippen molar-refractivity contribution in [1.29, 1.82) is 0 Å². The summed E-state index contributed by atoms with van der Waals surface area (Å²) in [7, 11) is 3.10. The summed E-state index contributed by atoms with van der Waals surface area (Å²) in [4.78, 5) is 18.3. The van der Waals surface area contributed by atoms with Crippen molar-refractivity contribution in [2.45, 2.75) is 6.10 Å². The fraction of sp³-hybridized carbons (Fsp3) is 0.294. The van der Waals surface area contributed by atoms with Gasteiger partial charge in [-0.25, -0.2) is 4.98 Å². The standard InChI is InChI=1S/C17H17ClN2O4/c1-22-13-5-11(6-14(7-13)23-2)17(21)20-9-15(10-20)24-16-4-3-12(18)8-19-16/h3-8,15H,9-10H2,1-2H3. The van der Waals surface area contributed by atoms with Crippen LogP contribution in [0.25, 0.3) is 0 Å². The van der Waals surface area contributed by atoms with Gasteiger partial charge in [-0.1, -0.05) is 11.6 Å². The molecule has 1 saturated heterocycles. The zero-order chi connectivity index (χ0) is 17.1. The van der Waals surface area contributed by atoms with Crippen LogP contribution in [-0.4, -0.2) is 49.2 Å². The van der Waals surface area contributed by atoms with E-state index in [9.17, 15) is 4.79 Å². The topological polar surface area (TPSA) is 60.9 Å². The molecule has 2 aromatic rings. The Morgan fingerprint density at radius 1 is 1.17 bits per heavy atom. The van der Waals surface area contributed by atoms with Crippen LogP contribution in [0, 0.1) is 0 Å². The van der Waals surface area contributed by atoms with Crippen molar-refractivity contribution < 1.29 is 19.0 Å². The van der Waals surface area contributed by atoms with E-state index in [0.717, 1.165) is 0 Å². The molecule has 0 bridgehead atoms. The lowest BCUT2D eigenvalue weighted by molar-refractivity contribution is 0.0160.